The molecule has 1 aliphatic heterocycles. The van der Waals surface area contributed by atoms with Gasteiger partial charge in [-0.15, -0.1) is 0 Å². The van der Waals surface area contributed by atoms with Crippen LogP contribution in [0.4, 0.5) is 0 Å². The van der Waals surface area contributed by atoms with Crippen LogP contribution in [0.3, 0.4) is 0 Å². The van der Waals surface area contributed by atoms with Crippen molar-refractivity contribution in [2.45, 2.75) is 58.6 Å². The van der Waals surface area contributed by atoms with Crippen molar-refractivity contribution in [2.24, 2.45) is 17.0 Å². The molecule has 23 heavy (non-hydrogen) atoms. The minimum atomic E-state index is -3.87. The van der Waals surface area contributed by atoms with Gasteiger partial charge in [-0.1, -0.05) is 19.0 Å². The number of oxime groups is 1. The molecule has 2 rings (SSSR count). The Labute approximate surface area is 138 Å². The molecule has 0 radical (unpaired) electrons. The summed E-state index contributed by atoms with van der Waals surface area (Å²) in [7, 11) is -1.10. The fraction of sp³-hybridized carbons (Fsp3) is 0.867. The third-order valence-corrected chi connectivity index (χ3v) is 6.96. The number of hydrogen-bond acceptors (Lipinski definition) is 5. The van der Waals surface area contributed by atoms with Crippen molar-refractivity contribution in [3.05, 3.63) is 0 Å². The molecule has 7 nitrogen and oxygen atoms in total. The Kier molecular flexibility index (Phi) is 4.79. The molecular weight excluding hydrogens is 318 g/mol. The number of nitrogens with zero attached hydrogens (tertiary/aromatic N) is 3. The van der Waals surface area contributed by atoms with Gasteiger partial charge in [-0.3, -0.25) is 4.79 Å². The Balaban J connectivity index is 2.30. The Hall–Kier alpha value is -1.15. The van der Waals surface area contributed by atoms with Crippen molar-refractivity contribution >= 4 is 21.8 Å². The third-order valence-electron chi connectivity index (χ3n) is 4.95. The van der Waals surface area contributed by atoms with Gasteiger partial charge in [0.25, 0.3) is 5.91 Å². The summed E-state index contributed by atoms with van der Waals surface area (Å²) in [5.41, 5.74) is -0.293. The first-order valence-corrected chi connectivity index (χ1v) is 9.47. The van der Waals surface area contributed by atoms with E-state index in [1.807, 2.05) is 13.8 Å². The molecule has 0 saturated heterocycles. The first-order chi connectivity index (χ1) is 10.6. The van der Waals surface area contributed by atoms with Crippen molar-refractivity contribution in [3.8, 4) is 0 Å². The van der Waals surface area contributed by atoms with Crippen LogP contribution in [-0.4, -0.2) is 54.4 Å². The van der Waals surface area contributed by atoms with Crippen LogP contribution in [0.2, 0.25) is 0 Å². The molecule has 1 fully saturated rings. The number of carbonyl (C=O) groups is 1. The number of hydrogen-bond donors (Lipinski definition) is 0. The van der Waals surface area contributed by atoms with Gasteiger partial charge >= 0.3 is 10.2 Å². The molecule has 2 unspecified atom stereocenters. The molecule has 1 aliphatic carbocycles. The lowest BCUT2D eigenvalue weighted by molar-refractivity contribution is -0.151. The van der Waals surface area contributed by atoms with E-state index in [1.54, 1.807) is 13.8 Å². The van der Waals surface area contributed by atoms with Gasteiger partial charge in [-0.2, -0.15) is 12.7 Å². The molecule has 0 spiro atoms. The van der Waals surface area contributed by atoms with Gasteiger partial charge < -0.3 is 4.84 Å². The second kappa shape index (κ2) is 6.05. The van der Waals surface area contributed by atoms with Crippen molar-refractivity contribution < 1.29 is 18.0 Å². The highest BCUT2D eigenvalue weighted by atomic mass is 32.2. The Morgan fingerprint density at radius 3 is 2.43 bits per heavy atom. The molecule has 132 valence electrons. The third kappa shape index (κ3) is 2.76. The zero-order valence-corrected chi connectivity index (χ0v) is 15.6. The van der Waals surface area contributed by atoms with Crippen LogP contribution in [0, 0.1) is 11.8 Å². The molecule has 0 aromatic rings. The first kappa shape index (κ1) is 18.2. The Morgan fingerprint density at radius 2 is 1.91 bits per heavy atom. The standard InChI is InChI=1S/C15H27N3O4S/c1-10(2)13-12-8-7-9-15(12,22-16-13)14(19)18(6)23(20,21)17(5)11(3)4/h10-12H,7-9H2,1-6H3. The summed E-state index contributed by atoms with van der Waals surface area (Å²) in [6, 6.07) is -0.237. The Morgan fingerprint density at radius 1 is 1.30 bits per heavy atom. The van der Waals surface area contributed by atoms with Gasteiger partial charge in [0.2, 0.25) is 5.60 Å². The highest BCUT2D eigenvalue weighted by Gasteiger charge is 2.60. The van der Waals surface area contributed by atoms with Gasteiger partial charge in [0, 0.05) is 20.1 Å². The van der Waals surface area contributed by atoms with E-state index in [4.69, 9.17) is 4.84 Å². The van der Waals surface area contributed by atoms with Crippen LogP contribution < -0.4 is 0 Å². The smallest absolute Gasteiger partial charge is 0.306 e. The molecule has 0 N–H and O–H groups in total. The lowest BCUT2D eigenvalue weighted by Gasteiger charge is -2.33. The molecule has 1 heterocycles. The second-order valence-corrected chi connectivity index (χ2v) is 9.01. The second-order valence-electron chi connectivity index (χ2n) is 6.99. The molecule has 0 aromatic carbocycles. The maximum Gasteiger partial charge on any atom is 0.306 e. The largest absolute Gasteiger partial charge is 0.378 e. The number of amides is 1. The van der Waals surface area contributed by atoms with E-state index < -0.39 is 21.7 Å². The SMILES string of the molecule is CC(C)C1=NOC2(C(=O)N(C)S(=O)(=O)N(C)C(C)C)CCCC12. The van der Waals surface area contributed by atoms with Crippen LogP contribution >= 0.6 is 0 Å². The quantitative estimate of drug-likeness (QED) is 0.758. The fourth-order valence-electron chi connectivity index (χ4n) is 3.30. The monoisotopic (exact) mass is 345 g/mol. The van der Waals surface area contributed by atoms with Crippen LogP contribution in [0.1, 0.15) is 47.0 Å². The highest BCUT2D eigenvalue weighted by molar-refractivity contribution is 7.87. The fourth-order valence-corrected chi connectivity index (χ4v) is 4.59. The van der Waals surface area contributed by atoms with E-state index in [9.17, 15) is 13.2 Å². The van der Waals surface area contributed by atoms with Crippen molar-refractivity contribution in [1.29, 1.82) is 0 Å². The lowest BCUT2D eigenvalue weighted by atomic mass is 9.83. The zero-order chi connectivity index (χ0) is 17.6. The zero-order valence-electron chi connectivity index (χ0n) is 14.7. The summed E-state index contributed by atoms with van der Waals surface area (Å²) < 4.78 is 27.2. The average Bonchev–Trinajstić information content (AvgIpc) is 3.03. The topological polar surface area (TPSA) is 79.3 Å². The van der Waals surface area contributed by atoms with E-state index in [1.165, 1.54) is 18.4 Å². The molecule has 8 heteroatoms. The maximum absolute atomic E-state index is 13.0. The summed E-state index contributed by atoms with van der Waals surface area (Å²) in [5.74, 6) is -0.475. The molecule has 0 bridgehead atoms. The van der Waals surface area contributed by atoms with E-state index >= 15 is 0 Å². The molecule has 2 aliphatic rings. The van der Waals surface area contributed by atoms with Crippen LogP contribution in [0.25, 0.3) is 0 Å². The minimum absolute atomic E-state index is 0.128. The average molecular weight is 345 g/mol. The van der Waals surface area contributed by atoms with Crippen LogP contribution in [0.5, 0.6) is 0 Å². The van der Waals surface area contributed by atoms with E-state index in [2.05, 4.69) is 5.16 Å². The Bertz CT molecular complexity index is 614. The number of rotatable bonds is 5. The van der Waals surface area contributed by atoms with E-state index in [0.29, 0.717) is 6.42 Å². The predicted octanol–water partition coefficient (Wildman–Crippen LogP) is 1.61. The highest BCUT2D eigenvalue weighted by Crippen LogP contribution is 2.46. The molecule has 1 amide bonds. The summed E-state index contributed by atoms with van der Waals surface area (Å²) in [5, 5.41) is 4.12. The summed E-state index contributed by atoms with van der Waals surface area (Å²) in [6.45, 7) is 7.54. The first-order valence-electron chi connectivity index (χ1n) is 8.08. The summed E-state index contributed by atoms with van der Waals surface area (Å²) >= 11 is 0. The molecule has 0 aromatic heterocycles. The van der Waals surface area contributed by atoms with Crippen LogP contribution in [-0.2, 0) is 19.8 Å². The summed E-state index contributed by atoms with van der Waals surface area (Å²) in [4.78, 5) is 18.6. The maximum atomic E-state index is 13.0. The van der Waals surface area contributed by atoms with Crippen LogP contribution in [0.15, 0.2) is 5.16 Å². The number of carbonyl (C=O) groups excluding carboxylic acids is 1. The van der Waals surface area contributed by atoms with Gasteiger partial charge in [-0.05, 0) is 39.0 Å². The van der Waals surface area contributed by atoms with E-state index in [-0.39, 0.29) is 17.9 Å². The van der Waals surface area contributed by atoms with Crippen molar-refractivity contribution in [3.63, 3.8) is 0 Å². The van der Waals surface area contributed by atoms with E-state index in [0.717, 1.165) is 22.9 Å². The predicted molar refractivity (Wildman–Crippen MR) is 88.0 cm³/mol. The van der Waals surface area contributed by atoms with Gasteiger partial charge in [0.1, 0.15) is 0 Å². The normalized spacial score (nSPS) is 27.3. The van der Waals surface area contributed by atoms with Crippen molar-refractivity contribution in [1.82, 2.24) is 8.61 Å². The van der Waals surface area contributed by atoms with Crippen molar-refractivity contribution in [2.75, 3.05) is 14.1 Å². The van der Waals surface area contributed by atoms with Gasteiger partial charge in [0.05, 0.1) is 11.6 Å². The number of likely N-dealkylation sites (N-methyl/N-ethyl adjacent to an activating group) is 1. The van der Waals surface area contributed by atoms with Gasteiger partial charge in [-0.25, -0.2) is 4.31 Å². The minimum Gasteiger partial charge on any atom is -0.378 e. The molecule has 2 atom stereocenters. The lowest BCUT2D eigenvalue weighted by Crippen LogP contribution is -2.55. The molecule has 1 saturated carbocycles. The molecular formula is C15H27N3O4S. The van der Waals surface area contributed by atoms with Gasteiger partial charge in [0.15, 0.2) is 0 Å². The summed E-state index contributed by atoms with van der Waals surface area (Å²) in [6.07, 6.45) is 2.13. The number of fused-ring (bicyclic) bond motifs is 1.